The zero-order chi connectivity index (χ0) is 14.9. The van der Waals surface area contributed by atoms with E-state index in [4.69, 9.17) is 9.47 Å². The van der Waals surface area contributed by atoms with Crippen LogP contribution in [0.15, 0.2) is 24.3 Å². The van der Waals surface area contributed by atoms with E-state index >= 15 is 0 Å². The molecule has 2 N–H and O–H groups in total. The van der Waals surface area contributed by atoms with Crippen molar-refractivity contribution in [2.24, 2.45) is 5.92 Å². The van der Waals surface area contributed by atoms with Crippen LogP contribution in [0.5, 0.6) is 5.75 Å². The number of ether oxygens (including phenoxy) is 2. The summed E-state index contributed by atoms with van der Waals surface area (Å²) in [5, 5.41) is 6.27. The number of methoxy groups -OCH3 is 1. The summed E-state index contributed by atoms with van der Waals surface area (Å²) in [7, 11) is 1.64. The molecule has 1 aliphatic rings. The molecular formula is C16H24N2O3. The molecule has 116 valence electrons. The summed E-state index contributed by atoms with van der Waals surface area (Å²) in [5.74, 6) is 1.25. The monoisotopic (exact) mass is 292 g/mol. The number of hydrogen-bond acceptors (Lipinski definition) is 4. The minimum absolute atomic E-state index is 0.0674. The molecule has 21 heavy (non-hydrogen) atoms. The van der Waals surface area contributed by atoms with E-state index in [0.29, 0.717) is 25.6 Å². The second kappa shape index (κ2) is 8.64. The first kappa shape index (κ1) is 15.8. The van der Waals surface area contributed by atoms with Gasteiger partial charge in [-0.1, -0.05) is 6.07 Å². The van der Waals surface area contributed by atoms with Gasteiger partial charge in [0.1, 0.15) is 12.4 Å². The number of anilines is 1. The standard InChI is InChI=1S/C16H24N2O3/c1-20-8-9-21-15-6-2-5-14(11-15)18-16(19)10-13-4-3-7-17-12-13/h2,5-6,11,13,17H,3-4,7-10,12H2,1H3,(H,18,19). The summed E-state index contributed by atoms with van der Waals surface area (Å²) < 4.78 is 10.5. The molecule has 0 aromatic heterocycles. The summed E-state index contributed by atoms with van der Waals surface area (Å²) in [6.45, 7) is 3.06. The van der Waals surface area contributed by atoms with Gasteiger partial charge < -0.3 is 20.1 Å². The molecule has 1 aliphatic heterocycles. The predicted octanol–water partition coefficient (Wildman–Crippen LogP) is 2.04. The number of hydrogen-bond donors (Lipinski definition) is 2. The summed E-state index contributed by atoms with van der Waals surface area (Å²) in [4.78, 5) is 12.1. The topological polar surface area (TPSA) is 59.6 Å². The normalized spacial score (nSPS) is 18.2. The molecule has 1 aromatic rings. The van der Waals surface area contributed by atoms with E-state index < -0.39 is 0 Å². The molecule has 1 saturated heterocycles. The largest absolute Gasteiger partial charge is 0.491 e. The minimum atomic E-state index is 0.0674. The van der Waals surface area contributed by atoms with Crippen LogP contribution in [0.2, 0.25) is 0 Å². The van der Waals surface area contributed by atoms with Crippen molar-refractivity contribution in [3.8, 4) is 5.75 Å². The van der Waals surface area contributed by atoms with E-state index in [1.807, 2.05) is 24.3 Å². The first-order chi connectivity index (χ1) is 10.3. The van der Waals surface area contributed by atoms with Crippen LogP contribution in [-0.2, 0) is 9.53 Å². The van der Waals surface area contributed by atoms with Gasteiger partial charge in [0.25, 0.3) is 0 Å². The lowest BCUT2D eigenvalue weighted by Crippen LogP contribution is -2.32. The Morgan fingerprint density at radius 3 is 3.10 bits per heavy atom. The van der Waals surface area contributed by atoms with Crippen LogP contribution in [0.4, 0.5) is 5.69 Å². The Labute approximate surface area is 126 Å². The Morgan fingerprint density at radius 2 is 2.33 bits per heavy atom. The zero-order valence-corrected chi connectivity index (χ0v) is 12.6. The van der Waals surface area contributed by atoms with Crippen molar-refractivity contribution in [2.75, 3.05) is 38.7 Å². The number of carbonyl (C=O) groups is 1. The number of rotatable bonds is 7. The van der Waals surface area contributed by atoms with Crippen LogP contribution in [0.3, 0.4) is 0 Å². The first-order valence-electron chi connectivity index (χ1n) is 7.50. The van der Waals surface area contributed by atoms with E-state index in [1.54, 1.807) is 7.11 Å². The second-order valence-electron chi connectivity index (χ2n) is 5.33. The molecule has 1 atom stereocenters. The Hall–Kier alpha value is -1.59. The van der Waals surface area contributed by atoms with Crippen LogP contribution in [0.1, 0.15) is 19.3 Å². The lowest BCUT2D eigenvalue weighted by molar-refractivity contribution is -0.117. The number of benzene rings is 1. The summed E-state index contributed by atoms with van der Waals surface area (Å²) in [6, 6.07) is 7.46. The molecule has 5 nitrogen and oxygen atoms in total. The average molecular weight is 292 g/mol. The van der Waals surface area contributed by atoms with E-state index in [1.165, 1.54) is 0 Å². The summed E-state index contributed by atoms with van der Waals surface area (Å²) in [6.07, 6.45) is 2.85. The van der Waals surface area contributed by atoms with Gasteiger partial charge in [0.2, 0.25) is 5.91 Å². The Kier molecular flexibility index (Phi) is 6.50. The van der Waals surface area contributed by atoms with Crippen LogP contribution < -0.4 is 15.4 Å². The van der Waals surface area contributed by atoms with Gasteiger partial charge in [-0.2, -0.15) is 0 Å². The molecular weight excluding hydrogens is 268 g/mol. The maximum Gasteiger partial charge on any atom is 0.224 e. The molecule has 0 aliphatic carbocycles. The molecule has 1 heterocycles. The molecule has 0 radical (unpaired) electrons. The highest BCUT2D eigenvalue weighted by Gasteiger charge is 2.16. The molecule has 0 saturated carbocycles. The number of amides is 1. The van der Waals surface area contributed by atoms with Gasteiger partial charge in [0.15, 0.2) is 0 Å². The van der Waals surface area contributed by atoms with Crippen molar-refractivity contribution in [2.45, 2.75) is 19.3 Å². The molecule has 1 fully saturated rings. The quantitative estimate of drug-likeness (QED) is 0.755. The lowest BCUT2D eigenvalue weighted by atomic mass is 9.96. The highest BCUT2D eigenvalue weighted by atomic mass is 16.5. The van der Waals surface area contributed by atoms with Crippen LogP contribution in [0, 0.1) is 5.92 Å². The van der Waals surface area contributed by atoms with Crippen LogP contribution in [-0.4, -0.2) is 39.3 Å². The van der Waals surface area contributed by atoms with Gasteiger partial charge in [-0.15, -0.1) is 0 Å². The molecule has 1 unspecified atom stereocenters. The van der Waals surface area contributed by atoms with Gasteiger partial charge in [-0.05, 0) is 44.0 Å². The van der Waals surface area contributed by atoms with Gasteiger partial charge in [0, 0.05) is 25.3 Å². The van der Waals surface area contributed by atoms with Gasteiger partial charge in [-0.25, -0.2) is 0 Å². The van der Waals surface area contributed by atoms with E-state index in [9.17, 15) is 4.79 Å². The van der Waals surface area contributed by atoms with Gasteiger partial charge >= 0.3 is 0 Å². The maximum atomic E-state index is 12.1. The van der Waals surface area contributed by atoms with Crippen molar-refractivity contribution in [3.63, 3.8) is 0 Å². The smallest absolute Gasteiger partial charge is 0.224 e. The number of nitrogens with one attached hydrogen (secondary N) is 2. The third-order valence-corrected chi connectivity index (χ3v) is 3.55. The van der Waals surface area contributed by atoms with Gasteiger partial charge in [-0.3, -0.25) is 4.79 Å². The van der Waals surface area contributed by atoms with Crippen molar-refractivity contribution in [1.29, 1.82) is 0 Å². The highest BCUT2D eigenvalue weighted by Crippen LogP contribution is 2.19. The predicted molar refractivity (Wildman–Crippen MR) is 82.7 cm³/mol. The Bertz CT molecular complexity index is 445. The zero-order valence-electron chi connectivity index (χ0n) is 12.6. The Morgan fingerprint density at radius 1 is 1.43 bits per heavy atom. The van der Waals surface area contributed by atoms with E-state index in [0.717, 1.165) is 37.4 Å². The van der Waals surface area contributed by atoms with E-state index in [-0.39, 0.29) is 5.91 Å². The Balaban J connectivity index is 1.80. The minimum Gasteiger partial charge on any atom is -0.491 e. The number of piperidine rings is 1. The van der Waals surface area contributed by atoms with Crippen LogP contribution in [0.25, 0.3) is 0 Å². The van der Waals surface area contributed by atoms with Crippen molar-refractivity contribution in [3.05, 3.63) is 24.3 Å². The number of carbonyl (C=O) groups excluding carboxylic acids is 1. The van der Waals surface area contributed by atoms with Crippen LogP contribution >= 0.6 is 0 Å². The fourth-order valence-corrected chi connectivity index (χ4v) is 2.48. The summed E-state index contributed by atoms with van der Waals surface area (Å²) >= 11 is 0. The first-order valence-corrected chi connectivity index (χ1v) is 7.50. The molecule has 1 amide bonds. The maximum absolute atomic E-state index is 12.1. The SMILES string of the molecule is COCCOc1cccc(NC(=O)CC2CCCNC2)c1. The highest BCUT2D eigenvalue weighted by molar-refractivity contribution is 5.91. The second-order valence-corrected chi connectivity index (χ2v) is 5.33. The molecule has 5 heteroatoms. The van der Waals surface area contributed by atoms with Crippen molar-refractivity contribution in [1.82, 2.24) is 5.32 Å². The third-order valence-electron chi connectivity index (χ3n) is 3.55. The molecule has 2 rings (SSSR count). The lowest BCUT2D eigenvalue weighted by Gasteiger charge is -2.22. The van der Waals surface area contributed by atoms with Gasteiger partial charge in [0.05, 0.1) is 6.61 Å². The fourth-order valence-electron chi connectivity index (χ4n) is 2.48. The third kappa shape index (κ3) is 5.73. The average Bonchev–Trinajstić information content (AvgIpc) is 2.49. The van der Waals surface area contributed by atoms with E-state index in [2.05, 4.69) is 10.6 Å². The molecule has 0 spiro atoms. The van der Waals surface area contributed by atoms with Crippen molar-refractivity contribution < 1.29 is 14.3 Å². The van der Waals surface area contributed by atoms with Crippen molar-refractivity contribution >= 4 is 11.6 Å². The summed E-state index contributed by atoms with van der Waals surface area (Å²) in [5.41, 5.74) is 0.777. The fraction of sp³-hybridized carbons (Fsp3) is 0.562. The molecule has 1 aromatic carbocycles. The molecule has 0 bridgehead atoms.